The Hall–Kier alpha value is -1.33. The standard InChI is InChI=1S/C11H19N3O2/c1-2-12-10-4-3-5-11(14-10)13-6-8-16-9-7-15/h3-5,15H,2,6-9H2,1H3,(H2,12,13,14). The highest BCUT2D eigenvalue weighted by atomic mass is 16.5. The van der Waals surface area contributed by atoms with Gasteiger partial charge in [-0.05, 0) is 19.1 Å². The van der Waals surface area contributed by atoms with E-state index in [0.717, 1.165) is 18.2 Å². The number of rotatable bonds is 8. The van der Waals surface area contributed by atoms with Crippen molar-refractivity contribution in [1.82, 2.24) is 4.98 Å². The van der Waals surface area contributed by atoms with Crippen molar-refractivity contribution < 1.29 is 9.84 Å². The molecule has 3 N–H and O–H groups in total. The molecule has 0 aliphatic rings. The minimum Gasteiger partial charge on any atom is -0.394 e. The molecule has 0 radical (unpaired) electrons. The Bertz CT molecular complexity index is 294. The van der Waals surface area contributed by atoms with E-state index < -0.39 is 0 Å². The molecule has 1 rings (SSSR count). The van der Waals surface area contributed by atoms with Crippen LogP contribution in [0.15, 0.2) is 18.2 Å². The van der Waals surface area contributed by atoms with Crippen molar-refractivity contribution in [1.29, 1.82) is 0 Å². The summed E-state index contributed by atoms with van der Waals surface area (Å²) in [5.41, 5.74) is 0. The molecule has 5 nitrogen and oxygen atoms in total. The number of hydrogen-bond donors (Lipinski definition) is 3. The Kier molecular flexibility index (Phi) is 6.29. The number of pyridine rings is 1. The first-order valence-corrected chi connectivity index (χ1v) is 5.50. The quantitative estimate of drug-likeness (QED) is 0.574. The molecule has 16 heavy (non-hydrogen) atoms. The van der Waals surface area contributed by atoms with Gasteiger partial charge in [0.05, 0.1) is 19.8 Å². The zero-order valence-corrected chi connectivity index (χ0v) is 9.57. The van der Waals surface area contributed by atoms with Crippen LogP contribution < -0.4 is 10.6 Å². The summed E-state index contributed by atoms with van der Waals surface area (Å²) in [6.45, 7) is 4.58. The lowest BCUT2D eigenvalue weighted by atomic mass is 10.4. The zero-order valence-electron chi connectivity index (χ0n) is 9.57. The maximum absolute atomic E-state index is 8.51. The average Bonchev–Trinajstić information content (AvgIpc) is 2.30. The number of aliphatic hydroxyl groups is 1. The van der Waals surface area contributed by atoms with Crippen LogP contribution in [0.25, 0.3) is 0 Å². The maximum atomic E-state index is 8.51. The van der Waals surface area contributed by atoms with Crippen molar-refractivity contribution in [3.63, 3.8) is 0 Å². The Morgan fingerprint density at radius 2 is 2.00 bits per heavy atom. The van der Waals surface area contributed by atoms with Crippen LogP contribution in [0, 0.1) is 0 Å². The lowest BCUT2D eigenvalue weighted by Gasteiger charge is -2.08. The minimum atomic E-state index is 0.0636. The van der Waals surface area contributed by atoms with E-state index in [9.17, 15) is 0 Å². The van der Waals surface area contributed by atoms with E-state index in [1.165, 1.54) is 0 Å². The van der Waals surface area contributed by atoms with E-state index in [1.807, 2.05) is 25.1 Å². The highest BCUT2D eigenvalue weighted by molar-refractivity contribution is 5.44. The average molecular weight is 225 g/mol. The van der Waals surface area contributed by atoms with E-state index >= 15 is 0 Å². The summed E-state index contributed by atoms with van der Waals surface area (Å²) in [6, 6.07) is 5.78. The van der Waals surface area contributed by atoms with E-state index in [0.29, 0.717) is 19.8 Å². The molecule has 1 heterocycles. The third kappa shape index (κ3) is 4.95. The van der Waals surface area contributed by atoms with Gasteiger partial charge in [0.1, 0.15) is 11.6 Å². The van der Waals surface area contributed by atoms with Crippen molar-refractivity contribution in [2.24, 2.45) is 0 Å². The van der Waals surface area contributed by atoms with Crippen molar-refractivity contribution in [3.8, 4) is 0 Å². The van der Waals surface area contributed by atoms with Gasteiger partial charge in [0.25, 0.3) is 0 Å². The van der Waals surface area contributed by atoms with Crippen LogP contribution in [0.2, 0.25) is 0 Å². The van der Waals surface area contributed by atoms with Crippen LogP contribution in [-0.2, 0) is 4.74 Å². The summed E-state index contributed by atoms with van der Waals surface area (Å²) >= 11 is 0. The second-order valence-electron chi connectivity index (χ2n) is 3.20. The SMILES string of the molecule is CCNc1cccc(NCCOCCO)n1. The first-order chi connectivity index (χ1) is 7.86. The van der Waals surface area contributed by atoms with Crippen LogP contribution in [0.4, 0.5) is 11.6 Å². The van der Waals surface area contributed by atoms with Gasteiger partial charge >= 0.3 is 0 Å². The topological polar surface area (TPSA) is 66.4 Å². The van der Waals surface area contributed by atoms with Crippen molar-refractivity contribution in [2.75, 3.05) is 43.5 Å². The van der Waals surface area contributed by atoms with Gasteiger partial charge in [0.15, 0.2) is 0 Å². The predicted molar refractivity (Wildman–Crippen MR) is 64.8 cm³/mol. The molecular weight excluding hydrogens is 206 g/mol. The molecule has 0 saturated carbocycles. The van der Waals surface area contributed by atoms with E-state index in [-0.39, 0.29) is 6.61 Å². The molecule has 0 spiro atoms. The van der Waals surface area contributed by atoms with E-state index in [1.54, 1.807) is 0 Å². The number of aromatic nitrogens is 1. The highest BCUT2D eigenvalue weighted by Crippen LogP contribution is 2.08. The summed E-state index contributed by atoms with van der Waals surface area (Å²) in [4.78, 5) is 4.35. The first kappa shape index (κ1) is 12.7. The number of nitrogens with one attached hydrogen (secondary N) is 2. The largest absolute Gasteiger partial charge is 0.394 e. The highest BCUT2D eigenvalue weighted by Gasteiger charge is 1.95. The molecule has 0 aromatic carbocycles. The van der Waals surface area contributed by atoms with Crippen LogP contribution in [-0.4, -0.2) is 43.0 Å². The van der Waals surface area contributed by atoms with Crippen LogP contribution in [0.5, 0.6) is 0 Å². The number of anilines is 2. The summed E-state index contributed by atoms with van der Waals surface area (Å²) in [5.74, 6) is 1.69. The fourth-order valence-electron chi connectivity index (χ4n) is 1.23. The van der Waals surface area contributed by atoms with Gasteiger partial charge in [0.2, 0.25) is 0 Å². The molecule has 5 heteroatoms. The minimum absolute atomic E-state index is 0.0636. The Morgan fingerprint density at radius 3 is 2.69 bits per heavy atom. The summed E-state index contributed by atoms with van der Waals surface area (Å²) in [7, 11) is 0. The smallest absolute Gasteiger partial charge is 0.128 e. The molecule has 0 fully saturated rings. The summed E-state index contributed by atoms with van der Waals surface area (Å²) in [5, 5.41) is 14.8. The zero-order chi connectivity index (χ0) is 11.6. The second-order valence-corrected chi connectivity index (χ2v) is 3.20. The van der Waals surface area contributed by atoms with Crippen molar-refractivity contribution in [2.45, 2.75) is 6.92 Å². The van der Waals surface area contributed by atoms with Gasteiger partial charge in [0, 0.05) is 13.1 Å². The lowest BCUT2D eigenvalue weighted by Crippen LogP contribution is -2.12. The van der Waals surface area contributed by atoms with Gasteiger partial charge < -0.3 is 20.5 Å². The number of ether oxygens (including phenoxy) is 1. The fraction of sp³-hybridized carbons (Fsp3) is 0.545. The van der Waals surface area contributed by atoms with Crippen LogP contribution >= 0.6 is 0 Å². The molecule has 0 saturated heterocycles. The number of aliphatic hydroxyl groups excluding tert-OH is 1. The second kappa shape index (κ2) is 7.90. The van der Waals surface area contributed by atoms with Crippen LogP contribution in [0.3, 0.4) is 0 Å². The normalized spacial score (nSPS) is 10.1. The maximum Gasteiger partial charge on any atom is 0.128 e. The predicted octanol–water partition coefficient (Wildman–Crippen LogP) is 0.934. The van der Waals surface area contributed by atoms with Gasteiger partial charge in [-0.15, -0.1) is 0 Å². The van der Waals surface area contributed by atoms with Crippen molar-refractivity contribution in [3.05, 3.63) is 18.2 Å². The molecule has 0 unspecified atom stereocenters. The third-order valence-corrected chi connectivity index (χ3v) is 1.90. The third-order valence-electron chi connectivity index (χ3n) is 1.90. The van der Waals surface area contributed by atoms with Gasteiger partial charge in [-0.3, -0.25) is 0 Å². The molecule has 90 valence electrons. The summed E-state index contributed by atoms with van der Waals surface area (Å²) in [6.07, 6.45) is 0. The van der Waals surface area contributed by atoms with Crippen LogP contribution in [0.1, 0.15) is 6.92 Å². The molecule has 0 atom stereocenters. The first-order valence-electron chi connectivity index (χ1n) is 5.50. The lowest BCUT2D eigenvalue weighted by molar-refractivity contribution is 0.0992. The van der Waals surface area contributed by atoms with Gasteiger partial charge in [-0.1, -0.05) is 6.07 Å². The molecule has 1 aromatic rings. The molecular formula is C11H19N3O2. The van der Waals surface area contributed by atoms with E-state index in [4.69, 9.17) is 9.84 Å². The molecule has 0 amide bonds. The van der Waals surface area contributed by atoms with E-state index in [2.05, 4.69) is 15.6 Å². The fourth-order valence-corrected chi connectivity index (χ4v) is 1.23. The van der Waals surface area contributed by atoms with Crippen molar-refractivity contribution >= 4 is 11.6 Å². The Morgan fingerprint density at radius 1 is 1.25 bits per heavy atom. The molecule has 0 aliphatic carbocycles. The molecule has 0 bridgehead atoms. The summed E-state index contributed by atoms with van der Waals surface area (Å²) < 4.78 is 5.13. The molecule has 1 aromatic heterocycles. The van der Waals surface area contributed by atoms with Gasteiger partial charge in [-0.2, -0.15) is 0 Å². The number of nitrogens with zero attached hydrogens (tertiary/aromatic N) is 1. The monoisotopic (exact) mass is 225 g/mol. The number of hydrogen-bond acceptors (Lipinski definition) is 5. The Balaban J connectivity index is 2.27. The Labute approximate surface area is 95.8 Å². The van der Waals surface area contributed by atoms with Gasteiger partial charge in [-0.25, -0.2) is 4.98 Å². The molecule has 0 aliphatic heterocycles.